The first-order valence-corrected chi connectivity index (χ1v) is 8.92. The van der Waals surface area contributed by atoms with Crippen LogP contribution in [0, 0.1) is 0 Å². The van der Waals surface area contributed by atoms with Crippen molar-refractivity contribution in [2.24, 2.45) is 5.10 Å². The quantitative estimate of drug-likeness (QED) is 0.494. The molecule has 8 heteroatoms. The molecule has 0 radical (unpaired) electrons. The summed E-state index contributed by atoms with van der Waals surface area (Å²) in [4.78, 5) is 22.6. The number of hydrogen-bond acceptors (Lipinski definition) is 5. The van der Waals surface area contributed by atoms with E-state index in [1.165, 1.54) is 25.0 Å². The minimum absolute atomic E-state index is 0.128. The number of aliphatic carboxylic acids is 1. The van der Waals surface area contributed by atoms with Crippen molar-refractivity contribution in [2.45, 2.75) is 19.8 Å². The van der Waals surface area contributed by atoms with Crippen molar-refractivity contribution in [1.82, 2.24) is 5.43 Å². The van der Waals surface area contributed by atoms with Gasteiger partial charge in [-0.3, -0.25) is 4.79 Å². The van der Waals surface area contributed by atoms with Gasteiger partial charge in [-0.15, -0.1) is 0 Å². The number of nitrogens with one attached hydrogen (secondary N) is 1. The van der Waals surface area contributed by atoms with Gasteiger partial charge < -0.3 is 14.6 Å². The van der Waals surface area contributed by atoms with Crippen LogP contribution in [-0.4, -0.2) is 36.9 Å². The van der Waals surface area contributed by atoms with Gasteiger partial charge in [0.15, 0.2) is 18.1 Å². The van der Waals surface area contributed by atoms with Crippen LogP contribution in [0.25, 0.3) is 0 Å². The molecule has 7 nitrogen and oxygen atoms in total. The van der Waals surface area contributed by atoms with Crippen molar-refractivity contribution in [2.75, 3.05) is 13.7 Å². The molecule has 2 N–H and O–H groups in total. The van der Waals surface area contributed by atoms with Crippen LogP contribution in [-0.2, 0) is 22.4 Å². The molecule has 0 saturated carbocycles. The van der Waals surface area contributed by atoms with Gasteiger partial charge in [-0.2, -0.15) is 5.10 Å². The number of carbonyl (C=O) groups excluding carboxylic acids is 1. The molecule has 0 atom stereocenters. The average Bonchev–Trinajstić information content (AvgIpc) is 2.67. The highest BCUT2D eigenvalue weighted by atomic mass is 35.5. The van der Waals surface area contributed by atoms with Gasteiger partial charge in [-0.25, -0.2) is 10.2 Å². The zero-order chi connectivity index (χ0) is 20.5. The van der Waals surface area contributed by atoms with Crippen molar-refractivity contribution >= 4 is 29.7 Å². The average molecular weight is 405 g/mol. The Balaban J connectivity index is 1.99. The molecule has 0 aliphatic rings. The highest BCUT2D eigenvalue weighted by molar-refractivity contribution is 6.32. The van der Waals surface area contributed by atoms with E-state index in [1.54, 1.807) is 6.07 Å². The number of hydrazone groups is 1. The summed E-state index contributed by atoms with van der Waals surface area (Å²) in [6.45, 7) is 1.53. The first-order valence-electron chi connectivity index (χ1n) is 8.54. The number of carboxylic acids is 1. The van der Waals surface area contributed by atoms with E-state index >= 15 is 0 Å². The highest BCUT2D eigenvalue weighted by Crippen LogP contribution is 2.36. The summed E-state index contributed by atoms with van der Waals surface area (Å²) in [5.74, 6) is -0.989. The van der Waals surface area contributed by atoms with Gasteiger partial charge in [0.05, 0.1) is 24.8 Å². The Labute approximate surface area is 167 Å². The zero-order valence-corrected chi connectivity index (χ0v) is 16.3. The second-order valence-corrected chi connectivity index (χ2v) is 6.26. The van der Waals surface area contributed by atoms with Crippen LogP contribution in [0.15, 0.2) is 41.5 Å². The number of nitrogens with zero attached hydrogens (tertiary/aromatic N) is 1. The molecular formula is C20H21ClN2O5. The van der Waals surface area contributed by atoms with E-state index in [-0.39, 0.29) is 28.8 Å². The number of carboxylic acid groups (broad SMARTS) is 1. The Kier molecular flexibility index (Phi) is 7.83. The summed E-state index contributed by atoms with van der Waals surface area (Å²) in [5, 5.41) is 12.8. The van der Waals surface area contributed by atoms with Gasteiger partial charge in [0.25, 0.3) is 0 Å². The Morgan fingerprint density at radius 2 is 1.89 bits per heavy atom. The molecule has 0 aliphatic carbocycles. The van der Waals surface area contributed by atoms with Gasteiger partial charge in [-0.05, 0) is 35.2 Å². The van der Waals surface area contributed by atoms with E-state index in [0.717, 1.165) is 12.0 Å². The standard InChI is InChI=1S/C20H21ClN2O5/c1-3-13-4-6-14(7-5-13)10-18(24)23-22-11-15-8-16(21)20(17(9-15)27-2)28-12-19(25)26/h4-9,11H,3,10,12H2,1-2H3,(H,23,24)(H,25,26)/b22-11+. The lowest BCUT2D eigenvalue weighted by Crippen LogP contribution is -2.19. The number of rotatable bonds is 9. The van der Waals surface area contributed by atoms with Crippen molar-refractivity contribution in [1.29, 1.82) is 0 Å². The van der Waals surface area contributed by atoms with Crippen molar-refractivity contribution in [3.8, 4) is 11.5 Å². The predicted octanol–water partition coefficient (Wildman–Crippen LogP) is 3.07. The molecule has 0 aliphatic heterocycles. The predicted molar refractivity (Wildman–Crippen MR) is 106 cm³/mol. The number of methoxy groups -OCH3 is 1. The molecular weight excluding hydrogens is 384 g/mol. The first kappa shape index (κ1) is 21.2. The normalized spacial score (nSPS) is 10.7. The summed E-state index contributed by atoms with van der Waals surface area (Å²) in [7, 11) is 1.41. The zero-order valence-electron chi connectivity index (χ0n) is 15.6. The molecule has 2 aromatic carbocycles. The maximum atomic E-state index is 12.0. The second kappa shape index (κ2) is 10.3. The minimum Gasteiger partial charge on any atom is -0.493 e. The molecule has 148 valence electrons. The number of ether oxygens (including phenoxy) is 2. The summed E-state index contributed by atoms with van der Waals surface area (Å²) in [6.07, 6.45) is 2.57. The third-order valence-electron chi connectivity index (χ3n) is 3.79. The van der Waals surface area contributed by atoms with E-state index in [1.807, 2.05) is 24.3 Å². The summed E-state index contributed by atoms with van der Waals surface area (Å²) in [6, 6.07) is 10.9. The van der Waals surface area contributed by atoms with Crippen molar-refractivity contribution in [3.05, 3.63) is 58.1 Å². The molecule has 2 rings (SSSR count). The number of halogens is 1. The molecule has 1 amide bonds. The van der Waals surface area contributed by atoms with Crippen molar-refractivity contribution in [3.63, 3.8) is 0 Å². The van der Waals surface area contributed by atoms with Crippen LogP contribution in [0.3, 0.4) is 0 Å². The van der Waals surface area contributed by atoms with Crippen LogP contribution in [0.1, 0.15) is 23.6 Å². The van der Waals surface area contributed by atoms with Gasteiger partial charge in [0, 0.05) is 0 Å². The number of amides is 1. The smallest absolute Gasteiger partial charge is 0.341 e. The van der Waals surface area contributed by atoms with E-state index in [9.17, 15) is 9.59 Å². The molecule has 2 aromatic rings. The Morgan fingerprint density at radius 3 is 2.50 bits per heavy atom. The number of aryl methyl sites for hydroxylation is 1. The third kappa shape index (κ3) is 6.28. The topological polar surface area (TPSA) is 97.2 Å². The van der Waals surface area contributed by atoms with Gasteiger partial charge in [-0.1, -0.05) is 42.8 Å². The molecule has 0 bridgehead atoms. The fourth-order valence-corrected chi connectivity index (χ4v) is 2.66. The Hall–Kier alpha value is -3.06. The van der Waals surface area contributed by atoms with Crippen LogP contribution in [0.2, 0.25) is 5.02 Å². The summed E-state index contributed by atoms with van der Waals surface area (Å²) in [5.41, 5.74) is 5.12. The van der Waals surface area contributed by atoms with Crippen molar-refractivity contribution < 1.29 is 24.2 Å². The Bertz CT molecular complexity index is 866. The lowest BCUT2D eigenvalue weighted by Gasteiger charge is -2.11. The molecule has 0 heterocycles. The van der Waals surface area contributed by atoms with Crippen LogP contribution in [0.4, 0.5) is 0 Å². The fourth-order valence-electron chi connectivity index (χ4n) is 2.38. The molecule has 28 heavy (non-hydrogen) atoms. The van der Waals surface area contributed by atoms with Gasteiger partial charge >= 0.3 is 5.97 Å². The second-order valence-electron chi connectivity index (χ2n) is 5.86. The van der Waals surface area contributed by atoms with E-state index in [0.29, 0.717) is 5.56 Å². The lowest BCUT2D eigenvalue weighted by molar-refractivity contribution is -0.139. The number of benzene rings is 2. The van der Waals surface area contributed by atoms with E-state index in [4.69, 9.17) is 26.2 Å². The maximum Gasteiger partial charge on any atom is 0.341 e. The monoisotopic (exact) mass is 404 g/mol. The van der Waals surface area contributed by atoms with Crippen LogP contribution < -0.4 is 14.9 Å². The fraction of sp³-hybridized carbons (Fsp3) is 0.250. The molecule has 0 saturated heterocycles. The van der Waals surface area contributed by atoms with E-state index in [2.05, 4.69) is 17.5 Å². The molecule has 0 fully saturated rings. The molecule has 0 aromatic heterocycles. The number of hydrogen-bond donors (Lipinski definition) is 2. The highest BCUT2D eigenvalue weighted by Gasteiger charge is 2.13. The van der Waals surface area contributed by atoms with Gasteiger partial charge in [0.1, 0.15) is 0 Å². The SMILES string of the molecule is CCc1ccc(CC(=O)N/N=C/c2cc(Cl)c(OCC(=O)O)c(OC)c2)cc1. The summed E-state index contributed by atoms with van der Waals surface area (Å²) < 4.78 is 10.3. The number of carbonyl (C=O) groups is 2. The largest absolute Gasteiger partial charge is 0.493 e. The van der Waals surface area contributed by atoms with Crippen LogP contribution >= 0.6 is 11.6 Å². The maximum absolute atomic E-state index is 12.0. The third-order valence-corrected chi connectivity index (χ3v) is 4.07. The molecule has 0 spiro atoms. The summed E-state index contributed by atoms with van der Waals surface area (Å²) >= 11 is 6.12. The molecule has 0 unspecified atom stereocenters. The lowest BCUT2D eigenvalue weighted by atomic mass is 10.1. The minimum atomic E-state index is -1.13. The van der Waals surface area contributed by atoms with Gasteiger partial charge in [0.2, 0.25) is 5.91 Å². The van der Waals surface area contributed by atoms with E-state index < -0.39 is 12.6 Å². The van der Waals surface area contributed by atoms with Crippen LogP contribution in [0.5, 0.6) is 11.5 Å². The Morgan fingerprint density at radius 1 is 1.21 bits per heavy atom. The first-order chi connectivity index (χ1) is 13.4.